The molecule has 2 atom stereocenters. The molecule has 0 bridgehead atoms. The average molecular weight is 276 g/mol. The van der Waals surface area contributed by atoms with E-state index in [1.165, 1.54) is 18.7 Å². The quantitative estimate of drug-likeness (QED) is 0.596. The predicted octanol–water partition coefficient (Wildman–Crippen LogP) is -0.909. The number of nitrogens with two attached hydrogens (primary N) is 1. The fraction of sp³-hybridized carbons (Fsp3) is 0.250. The highest BCUT2D eigenvalue weighted by molar-refractivity contribution is 6.06. The van der Waals surface area contributed by atoms with Crippen molar-refractivity contribution in [3.8, 4) is 0 Å². The second-order valence-corrected chi connectivity index (χ2v) is 4.51. The zero-order valence-corrected chi connectivity index (χ0v) is 10.4. The highest BCUT2D eigenvalue weighted by atomic mass is 16.4. The number of hydrogen-bond donors (Lipinski definition) is 3. The lowest BCUT2D eigenvalue weighted by Gasteiger charge is -2.19. The van der Waals surface area contributed by atoms with Crippen LogP contribution in [0, 0.1) is 5.41 Å². The molecule has 1 aromatic rings. The van der Waals surface area contributed by atoms with Crippen LogP contribution in [-0.2, 0) is 9.59 Å². The molecule has 0 saturated heterocycles. The fourth-order valence-electron chi connectivity index (χ4n) is 2.17. The number of carbonyl (C=O) groups is 3. The van der Waals surface area contributed by atoms with Gasteiger partial charge < -0.3 is 16.2 Å². The number of rotatable bonds is 5. The van der Waals surface area contributed by atoms with Crippen molar-refractivity contribution < 1.29 is 19.5 Å². The molecule has 0 spiro atoms. The Morgan fingerprint density at radius 2 is 2.00 bits per heavy atom. The van der Waals surface area contributed by atoms with Crippen LogP contribution in [0.4, 0.5) is 0 Å². The number of carboxylic acid groups (broad SMARTS) is 1. The normalized spacial score (nSPS) is 27.4. The number of nitrogens with one attached hydrogen (secondary N) is 1. The van der Waals surface area contributed by atoms with E-state index in [0.29, 0.717) is 0 Å². The first-order valence-electron chi connectivity index (χ1n) is 5.64. The minimum Gasteiger partial charge on any atom is -0.481 e. The summed E-state index contributed by atoms with van der Waals surface area (Å²) in [5.74, 6) is -2.87. The lowest BCUT2D eigenvalue weighted by molar-refractivity contribution is -0.143. The van der Waals surface area contributed by atoms with Crippen LogP contribution in [0.25, 0.3) is 0 Å². The summed E-state index contributed by atoms with van der Waals surface area (Å²) in [5.41, 5.74) is 2.10. The van der Waals surface area contributed by atoms with Gasteiger partial charge in [-0.1, -0.05) is 6.08 Å². The minimum absolute atomic E-state index is 0.100. The van der Waals surface area contributed by atoms with Crippen molar-refractivity contribution in [3.63, 3.8) is 0 Å². The van der Waals surface area contributed by atoms with Crippen molar-refractivity contribution >= 4 is 17.8 Å². The smallest absolute Gasteiger partial charge is 0.316 e. The number of aromatic nitrogens is 2. The molecule has 1 aromatic heterocycles. The number of carbonyl (C=O) groups excluding carboxylic acids is 2. The Labute approximate surface area is 113 Å². The Morgan fingerprint density at radius 1 is 1.40 bits per heavy atom. The molecule has 0 radical (unpaired) electrons. The van der Waals surface area contributed by atoms with E-state index in [4.69, 9.17) is 5.73 Å². The summed E-state index contributed by atoms with van der Waals surface area (Å²) < 4.78 is 0. The monoisotopic (exact) mass is 276 g/mol. The van der Waals surface area contributed by atoms with Gasteiger partial charge in [0.2, 0.25) is 5.91 Å². The molecule has 20 heavy (non-hydrogen) atoms. The van der Waals surface area contributed by atoms with Gasteiger partial charge >= 0.3 is 5.97 Å². The molecular weight excluding hydrogens is 264 g/mol. The van der Waals surface area contributed by atoms with Crippen molar-refractivity contribution in [2.45, 2.75) is 12.0 Å². The summed E-state index contributed by atoms with van der Waals surface area (Å²) in [4.78, 5) is 42.2. The van der Waals surface area contributed by atoms with Crippen LogP contribution < -0.4 is 11.1 Å². The highest BCUT2D eigenvalue weighted by Crippen LogP contribution is 2.57. The molecule has 1 saturated carbocycles. The molecule has 2 amide bonds. The molecular formula is C12H12N4O4. The van der Waals surface area contributed by atoms with Crippen LogP contribution in [0.15, 0.2) is 31.4 Å². The van der Waals surface area contributed by atoms with Crippen LogP contribution in [0.2, 0.25) is 0 Å². The summed E-state index contributed by atoms with van der Waals surface area (Å²) in [6.45, 7) is 3.41. The van der Waals surface area contributed by atoms with E-state index in [0.717, 1.165) is 6.08 Å². The third kappa shape index (κ3) is 1.73. The second kappa shape index (κ2) is 4.41. The number of carboxylic acids is 1. The van der Waals surface area contributed by atoms with Crippen LogP contribution in [0.5, 0.6) is 0 Å². The zero-order chi connectivity index (χ0) is 15.0. The molecule has 4 N–H and O–H groups in total. The van der Waals surface area contributed by atoms with E-state index >= 15 is 0 Å². The number of primary amides is 1. The van der Waals surface area contributed by atoms with Gasteiger partial charge in [0.15, 0.2) is 0 Å². The minimum atomic E-state index is -1.67. The Kier molecular flexibility index (Phi) is 3.01. The lowest BCUT2D eigenvalue weighted by Crippen LogP contribution is -2.52. The molecule has 1 aliphatic rings. The summed E-state index contributed by atoms with van der Waals surface area (Å²) in [6.07, 6.45) is 4.71. The lowest BCUT2D eigenvalue weighted by atomic mass is 9.99. The molecule has 8 heteroatoms. The van der Waals surface area contributed by atoms with Crippen LogP contribution in [-0.4, -0.2) is 38.4 Å². The number of hydrogen-bond acceptors (Lipinski definition) is 5. The van der Waals surface area contributed by atoms with Crippen LogP contribution in [0.3, 0.4) is 0 Å². The second-order valence-electron chi connectivity index (χ2n) is 4.51. The topological polar surface area (TPSA) is 135 Å². The van der Waals surface area contributed by atoms with Gasteiger partial charge in [-0.25, -0.2) is 9.97 Å². The van der Waals surface area contributed by atoms with Crippen molar-refractivity contribution in [1.82, 2.24) is 15.3 Å². The Balaban J connectivity index is 2.30. The van der Waals surface area contributed by atoms with Crippen LogP contribution in [0.1, 0.15) is 16.8 Å². The SMILES string of the molecule is C=CC1(C(=O)O)CC1(NC(=O)c1cncnc1)C(N)=O. The first-order chi connectivity index (χ1) is 9.39. The third-order valence-corrected chi connectivity index (χ3v) is 3.48. The third-order valence-electron chi connectivity index (χ3n) is 3.48. The van der Waals surface area contributed by atoms with Gasteiger partial charge in [-0.15, -0.1) is 6.58 Å². The van der Waals surface area contributed by atoms with Gasteiger partial charge in [0.1, 0.15) is 17.3 Å². The Hall–Kier alpha value is -2.77. The Morgan fingerprint density at radius 3 is 2.40 bits per heavy atom. The molecule has 104 valence electrons. The molecule has 8 nitrogen and oxygen atoms in total. The standard InChI is InChI=1S/C12H12N4O4/c1-2-11(10(19)20)5-12(11,9(13)18)16-8(17)7-3-14-6-15-4-7/h2-4,6H,1,5H2,(H2,13,18)(H,16,17)(H,19,20). The first-order valence-corrected chi connectivity index (χ1v) is 5.64. The van der Waals surface area contributed by atoms with E-state index in [1.807, 2.05) is 0 Å². The van der Waals surface area contributed by atoms with Crippen molar-refractivity contribution in [3.05, 3.63) is 36.9 Å². The van der Waals surface area contributed by atoms with E-state index in [9.17, 15) is 19.5 Å². The molecule has 2 unspecified atom stereocenters. The van der Waals surface area contributed by atoms with E-state index < -0.39 is 28.7 Å². The fourth-order valence-corrected chi connectivity index (χ4v) is 2.17. The first kappa shape index (κ1) is 13.7. The van der Waals surface area contributed by atoms with Crippen LogP contribution >= 0.6 is 0 Å². The van der Waals surface area contributed by atoms with E-state index in [2.05, 4.69) is 21.9 Å². The average Bonchev–Trinajstić information content (AvgIpc) is 3.10. The predicted molar refractivity (Wildman–Crippen MR) is 66.3 cm³/mol. The maximum atomic E-state index is 12.0. The molecule has 1 heterocycles. The zero-order valence-electron chi connectivity index (χ0n) is 10.4. The summed E-state index contributed by atoms with van der Waals surface area (Å²) in [5, 5.41) is 11.6. The number of amides is 2. The number of nitrogens with zero attached hydrogens (tertiary/aromatic N) is 2. The summed E-state index contributed by atoms with van der Waals surface area (Å²) >= 11 is 0. The van der Waals surface area contributed by atoms with Gasteiger partial charge in [-0.3, -0.25) is 14.4 Å². The molecule has 1 aliphatic carbocycles. The molecule has 0 aliphatic heterocycles. The van der Waals surface area contributed by atoms with Gasteiger partial charge in [-0.2, -0.15) is 0 Å². The summed E-state index contributed by atoms with van der Waals surface area (Å²) in [6, 6.07) is 0. The van der Waals surface area contributed by atoms with Crippen molar-refractivity contribution in [2.75, 3.05) is 0 Å². The van der Waals surface area contributed by atoms with Gasteiger partial charge in [-0.05, 0) is 0 Å². The highest BCUT2D eigenvalue weighted by Gasteiger charge is 2.75. The maximum Gasteiger partial charge on any atom is 0.316 e. The Bertz CT molecular complexity index is 603. The largest absolute Gasteiger partial charge is 0.481 e. The van der Waals surface area contributed by atoms with Gasteiger partial charge in [0.25, 0.3) is 5.91 Å². The maximum absolute atomic E-state index is 12.0. The van der Waals surface area contributed by atoms with E-state index in [1.54, 1.807) is 0 Å². The number of aliphatic carboxylic acids is 1. The molecule has 0 aromatic carbocycles. The van der Waals surface area contributed by atoms with Crippen molar-refractivity contribution in [2.24, 2.45) is 11.1 Å². The van der Waals surface area contributed by atoms with Gasteiger partial charge in [0.05, 0.1) is 5.56 Å². The van der Waals surface area contributed by atoms with Crippen molar-refractivity contribution in [1.29, 1.82) is 0 Å². The van der Waals surface area contributed by atoms with Gasteiger partial charge in [0, 0.05) is 18.8 Å². The molecule has 1 fully saturated rings. The van der Waals surface area contributed by atoms with E-state index in [-0.39, 0.29) is 12.0 Å². The summed E-state index contributed by atoms with van der Waals surface area (Å²) in [7, 11) is 0. The molecule has 2 rings (SSSR count).